The Morgan fingerprint density at radius 1 is 1.18 bits per heavy atom. The van der Waals surface area contributed by atoms with E-state index in [0.29, 0.717) is 6.54 Å². The third-order valence-electron chi connectivity index (χ3n) is 3.72. The molecule has 2 aromatic carbocycles. The Morgan fingerprint density at radius 3 is 2.55 bits per heavy atom. The topological polar surface area (TPSA) is 45.7 Å². The lowest BCUT2D eigenvalue weighted by atomic mass is 10.1. The standard InChI is InChI=1S/C18H21ClN2O/c1-3-14-6-4-5-7-17(14)21-18(22)12-20-13(2)15-8-10-16(19)11-9-15/h4-11,13,20H,3,12H2,1-2H3,(H,21,22)/p+1/t13-/m0/s1. The molecule has 0 saturated carbocycles. The molecule has 3 N–H and O–H groups in total. The first-order valence-electron chi connectivity index (χ1n) is 7.56. The van der Waals surface area contributed by atoms with Crippen molar-refractivity contribution >= 4 is 23.2 Å². The molecule has 0 radical (unpaired) electrons. The number of carbonyl (C=O) groups is 1. The van der Waals surface area contributed by atoms with Crippen molar-refractivity contribution in [3.05, 3.63) is 64.7 Å². The molecule has 2 rings (SSSR count). The van der Waals surface area contributed by atoms with E-state index < -0.39 is 0 Å². The lowest BCUT2D eigenvalue weighted by molar-refractivity contribution is -0.682. The number of nitrogens with one attached hydrogen (secondary N) is 1. The maximum atomic E-state index is 12.1. The fraction of sp³-hybridized carbons (Fsp3) is 0.278. The summed E-state index contributed by atoms with van der Waals surface area (Å²) in [6.45, 7) is 4.55. The van der Waals surface area contributed by atoms with Crippen LogP contribution >= 0.6 is 11.6 Å². The van der Waals surface area contributed by atoms with Gasteiger partial charge in [-0.1, -0.05) is 48.9 Å². The van der Waals surface area contributed by atoms with Crippen molar-refractivity contribution in [3.63, 3.8) is 0 Å². The van der Waals surface area contributed by atoms with Crippen LogP contribution in [0.25, 0.3) is 0 Å². The third-order valence-corrected chi connectivity index (χ3v) is 3.98. The number of amides is 1. The van der Waals surface area contributed by atoms with Crippen molar-refractivity contribution in [1.29, 1.82) is 0 Å². The molecule has 1 atom stereocenters. The van der Waals surface area contributed by atoms with Gasteiger partial charge in [0.15, 0.2) is 6.54 Å². The number of carbonyl (C=O) groups excluding carboxylic acids is 1. The summed E-state index contributed by atoms with van der Waals surface area (Å²) in [5.74, 6) is 0.0155. The van der Waals surface area contributed by atoms with E-state index in [1.54, 1.807) is 0 Å². The minimum atomic E-state index is 0.0155. The molecule has 116 valence electrons. The number of hydrogen-bond acceptors (Lipinski definition) is 1. The molecule has 0 fully saturated rings. The molecule has 0 aliphatic carbocycles. The summed E-state index contributed by atoms with van der Waals surface area (Å²) in [6, 6.07) is 15.9. The number of hydrogen-bond donors (Lipinski definition) is 2. The molecule has 0 bridgehead atoms. The zero-order chi connectivity index (χ0) is 15.9. The van der Waals surface area contributed by atoms with E-state index in [-0.39, 0.29) is 11.9 Å². The fourth-order valence-corrected chi connectivity index (χ4v) is 2.46. The third kappa shape index (κ3) is 4.58. The summed E-state index contributed by atoms with van der Waals surface area (Å²) in [7, 11) is 0. The molecule has 2 aromatic rings. The molecule has 0 spiro atoms. The number of halogens is 1. The molecule has 0 aliphatic rings. The molecule has 1 amide bonds. The van der Waals surface area contributed by atoms with Crippen molar-refractivity contribution in [2.24, 2.45) is 0 Å². The number of para-hydroxylation sites is 1. The summed E-state index contributed by atoms with van der Waals surface area (Å²) in [5, 5.41) is 5.73. The molecule has 0 aliphatic heterocycles. The van der Waals surface area contributed by atoms with E-state index in [4.69, 9.17) is 11.6 Å². The highest BCUT2D eigenvalue weighted by Crippen LogP contribution is 2.15. The highest BCUT2D eigenvalue weighted by molar-refractivity contribution is 6.30. The van der Waals surface area contributed by atoms with Crippen molar-refractivity contribution in [2.75, 3.05) is 11.9 Å². The van der Waals surface area contributed by atoms with Gasteiger partial charge in [-0.2, -0.15) is 0 Å². The SMILES string of the molecule is CCc1ccccc1NC(=O)C[NH2+][C@@H](C)c1ccc(Cl)cc1. The average Bonchev–Trinajstić information content (AvgIpc) is 2.54. The van der Waals surface area contributed by atoms with Gasteiger partial charge >= 0.3 is 0 Å². The van der Waals surface area contributed by atoms with Crippen LogP contribution in [-0.2, 0) is 11.2 Å². The summed E-state index contributed by atoms with van der Waals surface area (Å²) < 4.78 is 0. The number of rotatable bonds is 6. The number of aryl methyl sites for hydroxylation is 1. The molecule has 0 heterocycles. The average molecular weight is 318 g/mol. The van der Waals surface area contributed by atoms with Crippen LogP contribution in [0.5, 0.6) is 0 Å². The number of nitrogens with two attached hydrogens (primary N) is 1. The maximum Gasteiger partial charge on any atom is 0.279 e. The van der Waals surface area contributed by atoms with Crippen molar-refractivity contribution in [1.82, 2.24) is 0 Å². The number of benzene rings is 2. The number of anilines is 1. The first kappa shape index (κ1) is 16.5. The van der Waals surface area contributed by atoms with Crippen LogP contribution in [0.4, 0.5) is 5.69 Å². The monoisotopic (exact) mass is 317 g/mol. The Morgan fingerprint density at radius 2 is 1.86 bits per heavy atom. The Balaban J connectivity index is 1.88. The maximum absolute atomic E-state index is 12.1. The first-order chi connectivity index (χ1) is 10.6. The molecule has 4 heteroatoms. The number of quaternary nitrogens is 1. The van der Waals surface area contributed by atoms with Crippen LogP contribution in [-0.4, -0.2) is 12.5 Å². The van der Waals surface area contributed by atoms with Crippen LogP contribution in [0.3, 0.4) is 0 Å². The molecule has 0 aromatic heterocycles. The van der Waals surface area contributed by atoms with Gasteiger partial charge < -0.3 is 10.6 Å². The van der Waals surface area contributed by atoms with Crippen molar-refractivity contribution in [2.45, 2.75) is 26.3 Å². The van der Waals surface area contributed by atoms with Crippen LogP contribution < -0.4 is 10.6 Å². The molecule has 0 unspecified atom stereocenters. The molecular formula is C18H22ClN2O+. The van der Waals surface area contributed by atoms with E-state index in [9.17, 15) is 4.79 Å². The second-order valence-electron chi connectivity index (χ2n) is 5.34. The van der Waals surface area contributed by atoms with Gasteiger partial charge in [0.25, 0.3) is 5.91 Å². The smallest absolute Gasteiger partial charge is 0.279 e. The zero-order valence-corrected chi connectivity index (χ0v) is 13.7. The lowest BCUT2D eigenvalue weighted by Crippen LogP contribution is -2.86. The van der Waals surface area contributed by atoms with Crippen molar-refractivity contribution < 1.29 is 10.1 Å². The predicted molar refractivity (Wildman–Crippen MR) is 91.1 cm³/mol. The van der Waals surface area contributed by atoms with Crippen LogP contribution in [0.1, 0.15) is 31.0 Å². The quantitative estimate of drug-likeness (QED) is 0.844. The second kappa shape index (κ2) is 7.97. The second-order valence-corrected chi connectivity index (χ2v) is 5.78. The summed E-state index contributed by atoms with van der Waals surface area (Å²) in [6.07, 6.45) is 0.904. The molecule has 0 saturated heterocycles. The van der Waals surface area contributed by atoms with Gasteiger partial charge in [0.05, 0.1) is 0 Å². The van der Waals surface area contributed by atoms with E-state index in [0.717, 1.165) is 28.3 Å². The fourth-order valence-electron chi connectivity index (χ4n) is 2.34. The van der Waals surface area contributed by atoms with Gasteiger partial charge in [-0.05, 0) is 37.1 Å². The van der Waals surface area contributed by atoms with E-state index in [1.807, 2.05) is 53.8 Å². The summed E-state index contributed by atoms with van der Waals surface area (Å²) in [4.78, 5) is 12.1. The largest absolute Gasteiger partial charge is 0.333 e. The van der Waals surface area contributed by atoms with Gasteiger partial charge in [0.2, 0.25) is 0 Å². The minimum absolute atomic E-state index is 0.0155. The highest BCUT2D eigenvalue weighted by atomic mass is 35.5. The summed E-state index contributed by atoms with van der Waals surface area (Å²) in [5.41, 5.74) is 3.22. The Hall–Kier alpha value is -1.84. The van der Waals surface area contributed by atoms with Crippen LogP contribution in [0, 0.1) is 0 Å². The minimum Gasteiger partial charge on any atom is -0.333 e. The van der Waals surface area contributed by atoms with Crippen LogP contribution in [0.15, 0.2) is 48.5 Å². The Bertz CT molecular complexity index is 625. The van der Waals surface area contributed by atoms with Gasteiger partial charge in [-0.3, -0.25) is 4.79 Å². The Labute approximate surface area is 136 Å². The normalized spacial score (nSPS) is 12.0. The van der Waals surface area contributed by atoms with Gasteiger partial charge in [-0.15, -0.1) is 0 Å². The predicted octanol–water partition coefficient (Wildman–Crippen LogP) is 3.17. The van der Waals surface area contributed by atoms with Gasteiger partial charge in [-0.25, -0.2) is 0 Å². The van der Waals surface area contributed by atoms with E-state index in [2.05, 4.69) is 19.2 Å². The van der Waals surface area contributed by atoms with E-state index >= 15 is 0 Å². The molecular weight excluding hydrogens is 296 g/mol. The highest BCUT2D eigenvalue weighted by Gasteiger charge is 2.12. The first-order valence-corrected chi connectivity index (χ1v) is 7.94. The Kier molecular flexibility index (Phi) is 5.99. The van der Waals surface area contributed by atoms with Crippen LogP contribution in [0.2, 0.25) is 5.02 Å². The van der Waals surface area contributed by atoms with Gasteiger partial charge in [0.1, 0.15) is 6.04 Å². The molecule has 22 heavy (non-hydrogen) atoms. The van der Waals surface area contributed by atoms with Crippen molar-refractivity contribution in [3.8, 4) is 0 Å². The zero-order valence-electron chi connectivity index (χ0n) is 13.0. The van der Waals surface area contributed by atoms with E-state index in [1.165, 1.54) is 0 Å². The molecule has 3 nitrogen and oxygen atoms in total. The summed E-state index contributed by atoms with van der Waals surface area (Å²) >= 11 is 5.89. The van der Waals surface area contributed by atoms with Gasteiger partial charge in [0, 0.05) is 16.3 Å². The lowest BCUT2D eigenvalue weighted by Gasteiger charge is -2.12.